The fourth-order valence-electron chi connectivity index (χ4n) is 4.79. The number of hydrogen-bond acceptors (Lipinski definition) is 6. The van der Waals surface area contributed by atoms with Gasteiger partial charge in [-0.1, -0.05) is 0 Å². The average molecular weight is 479 g/mol. The quantitative estimate of drug-likeness (QED) is 0.664. The first-order valence-corrected chi connectivity index (χ1v) is 11.4. The van der Waals surface area contributed by atoms with Gasteiger partial charge in [0.15, 0.2) is 0 Å². The molecule has 2 amide bonds. The number of fused-ring (bicyclic) bond motifs is 1. The highest BCUT2D eigenvalue weighted by Crippen LogP contribution is 2.32. The van der Waals surface area contributed by atoms with Gasteiger partial charge in [0.25, 0.3) is 0 Å². The first-order valence-electron chi connectivity index (χ1n) is 11.4. The fourth-order valence-corrected chi connectivity index (χ4v) is 4.79. The molecule has 8 nitrogen and oxygen atoms in total. The number of halogens is 3. The third-order valence-electron chi connectivity index (χ3n) is 6.88. The third-order valence-corrected chi connectivity index (χ3v) is 6.88. The number of carbonyl (C=O) groups is 2. The van der Waals surface area contributed by atoms with Crippen molar-refractivity contribution in [1.82, 2.24) is 25.1 Å². The Morgan fingerprint density at radius 2 is 1.85 bits per heavy atom. The highest BCUT2D eigenvalue weighted by molar-refractivity contribution is 5.91. The molecule has 1 aromatic carbocycles. The number of amides is 2. The maximum atomic E-state index is 13.1. The lowest BCUT2D eigenvalue weighted by atomic mass is 9.87. The number of benzene rings is 1. The molecule has 1 saturated heterocycles. The molecule has 2 aliphatic rings. The minimum absolute atomic E-state index is 0.0471. The molecule has 0 atom stereocenters. The Kier molecular flexibility index (Phi) is 6.92. The molecule has 4 rings (SSSR count). The molecule has 1 aliphatic heterocycles. The van der Waals surface area contributed by atoms with E-state index in [1.165, 1.54) is 12.4 Å². The molecule has 0 spiro atoms. The SMILES string of the molecule is CC(=O)N(C)[C@H]1CC[C@H](N2CC(NC(=O)CNc3ncnc4ccc(C(F)(F)F)cc34)C2)CC1. The van der Waals surface area contributed by atoms with E-state index in [1.54, 1.807) is 6.92 Å². The molecule has 34 heavy (non-hydrogen) atoms. The Labute approximate surface area is 195 Å². The summed E-state index contributed by atoms with van der Waals surface area (Å²) in [5, 5.41) is 6.02. The summed E-state index contributed by atoms with van der Waals surface area (Å²) >= 11 is 0. The molecule has 2 fully saturated rings. The highest BCUT2D eigenvalue weighted by atomic mass is 19.4. The van der Waals surface area contributed by atoms with Crippen LogP contribution in [0.25, 0.3) is 10.9 Å². The number of carbonyl (C=O) groups excluding carboxylic acids is 2. The molecule has 1 aliphatic carbocycles. The largest absolute Gasteiger partial charge is 0.416 e. The van der Waals surface area contributed by atoms with Crippen molar-refractivity contribution in [1.29, 1.82) is 0 Å². The van der Waals surface area contributed by atoms with Gasteiger partial charge in [0.2, 0.25) is 11.8 Å². The highest BCUT2D eigenvalue weighted by Gasteiger charge is 2.36. The number of aromatic nitrogens is 2. The summed E-state index contributed by atoms with van der Waals surface area (Å²) < 4.78 is 39.2. The van der Waals surface area contributed by atoms with Gasteiger partial charge in [0, 0.05) is 44.5 Å². The zero-order valence-electron chi connectivity index (χ0n) is 19.2. The summed E-state index contributed by atoms with van der Waals surface area (Å²) in [6.45, 7) is 3.04. The number of alkyl halides is 3. The second-order valence-electron chi connectivity index (χ2n) is 9.12. The number of rotatable bonds is 6. The third kappa shape index (κ3) is 5.40. The Bertz CT molecular complexity index is 1050. The van der Waals surface area contributed by atoms with Crippen molar-refractivity contribution in [2.24, 2.45) is 0 Å². The van der Waals surface area contributed by atoms with E-state index in [-0.39, 0.29) is 35.6 Å². The van der Waals surface area contributed by atoms with E-state index in [4.69, 9.17) is 0 Å². The molecule has 184 valence electrons. The predicted molar refractivity (Wildman–Crippen MR) is 121 cm³/mol. The Morgan fingerprint density at radius 1 is 1.15 bits per heavy atom. The van der Waals surface area contributed by atoms with Crippen molar-refractivity contribution in [3.63, 3.8) is 0 Å². The minimum atomic E-state index is -4.47. The van der Waals surface area contributed by atoms with Gasteiger partial charge in [-0.05, 0) is 43.9 Å². The minimum Gasteiger partial charge on any atom is -0.360 e. The van der Waals surface area contributed by atoms with Gasteiger partial charge in [-0.2, -0.15) is 13.2 Å². The molecule has 0 unspecified atom stereocenters. The van der Waals surface area contributed by atoms with Crippen molar-refractivity contribution >= 4 is 28.5 Å². The number of hydrogen-bond donors (Lipinski definition) is 2. The lowest BCUT2D eigenvalue weighted by molar-refractivity contribution is -0.137. The lowest BCUT2D eigenvalue weighted by Gasteiger charge is -2.47. The first kappa shape index (κ1) is 24.2. The molecule has 2 aromatic rings. The van der Waals surface area contributed by atoms with Gasteiger partial charge in [-0.3, -0.25) is 14.5 Å². The van der Waals surface area contributed by atoms with Crippen molar-refractivity contribution in [2.45, 2.75) is 56.9 Å². The molecule has 0 bridgehead atoms. The molecule has 1 saturated carbocycles. The second-order valence-corrected chi connectivity index (χ2v) is 9.12. The van der Waals surface area contributed by atoms with E-state index in [0.717, 1.165) is 50.9 Å². The molecule has 0 radical (unpaired) electrons. The smallest absolute Gasteiger partial charge is 0.360 e. The van der Waals surface area contributed by atoms with Gasteiger partial charge in [0.1, 0.15) is 12.1 Å². The van der Waals surface area contributed by atoms with Gasteiger partial charge in [-0.15, -0.1) is 0 Å². The summed E-state index contributed by atoms with van der Waals surface area (Å²) in [4.78, 5) is 36.1. The van der Waals surface area contributed by atoms with Gasteiger partial charge < -0.3 is 15.5 Å². The van der Waals surface area contributed by atoms with E-state index in [2.05, 4.69) is 25.5 Å². The second kappa shape index (κ2) is 9.73. The predicted octanol–water partition coefficient (Wildman–Crippen LogP) is 2.65. The fraction of sp³-hybridized carbons (Fsp3) is 0.565. The van der Waals surface area contributed by atoms with E-state index in [1.807, 2.05) is 11.9 Å². The van der Waals surface area contributed by atoms with E-state index in [9.17, 15) is 22.8 Å². The van der Waals surface area contributed by atoms with Crippen LogP contribution >= 0.6 is 0 Å². The summed E-state index contributed by atoms with van der Waals surface area (Å²) in [6.07, 6.45) is 0.818. The van der Waals surface area contributed by atoms with Crippen LogP contribution < -0.4 is 10.6 Å². The molecular weight excluding hydrogens is 449 g/mol. The van der Waals surface area contributed by atoms with Gasteiger partial charge in [-0.25, -0.2) is 9.97 Å². The first-order chi connectivity index (χ1) is 16.1. The van der Waals surface area contributed by atoms with Crippen LogP contribution in [0, 0.1) is 0 Å². The number of likely N-dealkylation sites (tertiary alicyclic amines) is 1. The van der Waals surface area contributed by atoms with Crippen LogP contribution in [0.15, 0.2) is 24.5 Å². The van der Waals surface area contributed by atoms with Crippen LogP contribution in [-0.4, -0.2) is 76.4 Å². The summed E-state index contributed by atoms with van der Waals surface area (Å²) in [7, 11) is 1.86. The molecular formula is C23H29F3N6O2. The molecule has 11 heteroatoms. The van der Waals surface area contributed by atoms with Crippen LogP contribution in [0.4, 0.5) is 19.0 Å². The molecule has 1 aromatic heterocycles. The number of anilines is 1. The van der Waals surface area contributed by atoms with Crippen LogP contribution in [0.3, 0.4) is 0 Å². The molecule has 2 N–H and O–H groups in total. The zero-order chi connectivity index (χ0) is 24.5. The normalized spacial score (nSPS) is 21.7. The topological polar surface area (TPSA) is 90.5 Å². The van der Waals surface area contributed by atoms with Gasteiger partial charge >= 0.3 is 6.18 Å². The monoisotopic (exact) mass is 478 g/mol. The maximum absolute atomic E-state index is 13.1. The Morgan fingerprint density at radius 3 is 2.50 bits per heavy atom. The van der Waals surface area contributed by atoms with Crippen molar-refractivity contribution < 1.29 is 22.8 Å². The van der Waals surface area contributed by atoms with Gasteiger partial charge in [0.05, 0.1) is 23.7 Å². The zero-order valence-corrected chi connectivity index (χ0v) is 19.2. The number of nitrogens with one attached hydrogen (secondary N) is 2. The van der Waals surface area contributed by atoms with E-state index < -0.39 is 11.7 Å². The molecule has 2 heterocycles. The average Bonchev–Trinajstić information content (AvgIpc) is 2.78. The Hall–Kier alpha value is -2.95. The maximum Gasteiger partial charge on any atom is 0.416 e. The van der Waals surface area contributed by atoms with Crippen LogP contribution in [0.2, 0.25) is 0 Å². The van der Waals surface area contributed by atoms with Crippen LogP contribution in [0.1, 0.15) is 38.2 Å². The van der Waals surface area contributed by atoms with E-state index in [0.29, 0.717) is 17.6 Å². The standard InChI is InChI=1S/C23H29F3N6O2/c1-14(33)31(2)17-4-6-18(7-5-17)32-11-16(12-32)30-21(34)10-27-22-19-9-15(23(24,25)26)3-8-20(19)28-13-29-22/h3,8-9,13,16-18H,4-7,10-12H2,1-2H3,(H,30,34)(H,27,28,29)/t17-,18-. The summed E-state index contributed by atoms with van der Waals surface area (Å²) in [5.74, 6) is 0.0449. The van der Waals surface area contributed by atoms with Crippen molar-refractivity contribution in [2.75, 3.05) is 32.0 Å². The Balaban J connectivity index is 1.24. The van der Waals surface area contributed by atoms with E-state index >= 15 is 0 Å². The van der Waals surface area contributed by atoms with Crippen LogP contribution in [0.5, 0.6) is 0 Å². The van der Waals surface area contributed by atoms with Crippen LogP contribution in [-0.2, 0) is 15.8 Å². The van der Waals surface area contributed by atoms with Crippen molar-refractivity contribution in [3.05, 3.63) is 30.1 Å². The van der Waals surface area contributed by atoms with Crippen molar-refractivity contribution in [3.8, 4) is 0 Å². The summed E-state index contributed by atoms with van der Waals surface area (Å²) in [5.41, 5.74) is -0.427. The summed E-state index contributed by atoms with van der Waals surface area (Å²) in [6, 6.07) is 4.08. The lowest BCUT2D eigenvalue weighted by Crippen LogP contribution is -2.63. The number of nitrogens with zero attached hydrogens (tertiary/aromatic N) is 4.